The smallest absolute Gasteiger partial charge is 0.0354 e. The molecule has 0 aromatic heterocycles. The maximum Gasteiger partial charge on any atom is 0.0354 e. The molecule has 0 saturated carbocycles. The van der Waals surface area contributed by atoms with E-state index < -0.39 is 0 Å². The lowest BCUT2D eigenvalue weighted by atomic mass is 9.86. The Morgan fingerprint density at radius 1 is 0.875 bits per heavy atom. The molecule has 32 heavy (non-hydrogen) atoms. The van der Waals surface area contributed by atoms with Crippen molar-refractivity contribution in [2.24, 2.45) is 5.73 Å². The van der Waals surface area contributed by atoms with Crippen molar-refractivity contribution in [3.63, 3.8) is 0 Å². The third-order valence-corrected chi connectivity index (χ3v) is 7.09. The number of aryl methyl sites for hydroxylation is 1. The largest absolute Gasteiger partial charge is 0.330 e. The number of nitrogens with zero attached hydrogens (tertiary/aromatic N) is 1. The zero-order valence-corrected chi connectivity index (χ0v) is 19.7. The number of benzene rings is 3. The highest BCUT2D eigenvalue weighted by Crippen LogP contribution is 2.35. The molecule has 3 aromatic carbocycles. The first-order valence-corrected chi connectivity index (χ1v) is 12.7. The van der Waals surface area contributed by atoms with Crippen LogP contribution in [-0.2, 0) is 19.5 Å². The van der Waals surface area contributed by atoms with Crippen LogP contribution in [0.5, 0.6) is 0 Å². The standard InChI is InChI=1S/C28H35N3S/c29-19-6-7-20-31(28-14-8-12-25-11-4-5-13-27(25)28)22-24-15-17-26(18-16-24)32-30-21-23-9-2-1-3-10-23/h1-5,9-11,13,15-18,28,30H,6-8,12,14,19-22,29H2. The van der Waals surface area contributed by atoms with Crippen LogP contribution in [0.3, 0.4) is 0 Å². The average Bonchev–Trinajstić information content (AvgIpc) is 2.85. The second-order valence-electron chi connectivity index (χ2n) is 8.63. The van der Waals surface area contributed by atoms with Crippen LogP contribution in [0.25, 0.3) is 0 Å². The van der Waals surface area contributed by atoms with Gasteiger partial charge in [-0.1, -0.05) is 66.7 Å². The van der Waals surface area contributed by atoms with Crippen LogP contribution in [0.15, 0.2) is 83.8 Å². The van der Waals surface area contributed by atoms with E-state index in [4.69, 9.17) is 5.73 Å². The Morgan fingerprint density at radius 2 is 1.66 bits per heavy atom. The van der Waals surface area contributed by atoms with E-state index in [1.165, 1.54) is 46.4 Å². The molecule has 168 valence electrons. The van der Waals surface area contributed by atoms with Gasteiger partial charge in [-0.2, -0.15) is 0 Å². The fourth-order valence-electron chi connectivity index (χ4n) is 4.61. The molecule has 4 heteroatoms. The molecule has 4 rings (SSSR count). The maximum atomic E-state index is 5.79. The summed E-state index contributed by atoms with van der Waals surface area (Å²) in [5, 5.41) is 0. The molecule has 0 amide bonds. The zero-order valence-electron chi connectivity index (χ0n) is 18.9. The molecule has 0 saturated heterocycles. The third-order valence-electron chi connectivity index (χ3n) is 6.30. The van der Waals surface area contributed by atoms with Crippen LogP contribution < -0.4 is 10.5 Å². The van der Waals surface area contributed by atoms with Crippen molar-refractivity contribution in [2.75, 3.05) is 13.1 Å². The van der Waals surface area contributed by atoms with Gasteiger partial charge in [-0.3, -0.25) is 9.62 Å². The summed E-state index contributed by atoms with van der Waals surface area (Å²) in [6.45, 7) is 3.73. The van der Waals surface area contributed by atoms with Gasteiger partial charge in [-0.25, -0.2) is 0 Å². The first kappa shape index (κ1) is 23.1. The van der Waals surface area contributed by atoms with Crippen molar-refractivity contribution in [3.8, 4) is 0 Å². The van der Waals surface area contributed by atoms with Crippen molar-refractivity contribution in [1.82, 2.24) is 9.62 Å². The molecule has 0 heterocycles. The van der Waals surface area contributed by atoms with E-state index in [2.05, 4.69) is 88.5 Å². The monoisotopic (exact) mass is 445 g/mol. The molecular formula is C28H35N3S. The van der Waals surface area contributed by atoms with Gasteiger partial charge in [0.15, 0.2) is 0 Å². The van der Waals surface area contributed by atoms with Crippen molar-refractivity contribution in [1.29, 1.82) is 0 Å². The Hall–Kier alpha value is -2.11. The van der Waals surface area contributed by atoms with Gasteiger partial charge in [0, 0.05) is 24.0 Å². The molecular weight excluding hydrogens is 410 g/mol. The van der Waals surface area contributed by atoms with Gasteiger partial charge in [0.2, 0.25) is 0 Å². The lowest BCUT2D eigenvalue weighted by Gasteiger charge is -2.36. The van der Waals surface area contributed by atoms with Crippen LogP contribution in [0.4, 0.5) is 0 Å². The van der Waals surface area contributed by atoms with Crippen LogP contribution in [0.2, 0.25) is 0 Å². The fourth-order valence-corrected chi connectivity index (χ4v) is 5.29. The molecule has 0 fully saturated rings. The predicted octanol–water partition coefficient (Wildman–Crippen LogP) is 6.10. The topological polar surface area (TPSA) is 41.3 Å². The van der Waals surface area contributed by atoms with Crippen molar-refractivity contribution >= 4 is 11.9 Å². The number of hydrogen-bond donors (Lipinski definition) is 2. The van der Waals surface area contributed by atoms with Crippen LogP contribution in [0.1, 0.15) is 54.0 Å². The number of rotatable bonds is 11. The molecule has 1 aliphatic rings. The fraction of sp³-hybridized carbons (Fsp3) is 0.357. The van der Waals surface area contributed by atoms with Crippen LogP contribution >= 0.6 is 11.9 Å². The summed E-state index contributed by atoms with van der Waals surface area (Å²) in [6.07, 6.45) is 5.99. The molecule has 1 aliphatic carbocycles. The lowest BCUT2D eigenvalue weighted by Crippen LogP contribution is -2.32. The van der Waals surface area contributed by atoms with E-state index in [-0.39, 0.29) is 0 Å². The van der Waals surface area contributed by atoms with Crippen molar-refractivity contribution < 1.29 is 0 Å². The molecule has 0 bridgehead atoms. The zero-order chi connectivity index (χ0) is 22.0. The van der Waals surface area contributed by atoms with Gasteiger partial charge in [0.25, 0.3) is 0 Å². The Balaban J connectivity index is 1.39. The first-order chi connectivity index (χ1) is 15.8. The summed E-state index contributed by atoms with van der Waals surface area (Å²) in [5.74, 6) is 0. The quantitative estimate of drug-likeness (QED) is 0.276. The maximum absolute atomic E-state index is 5.79. The highest BCUT2D eigenvalue weighted by atomic mass is 32.2. The summed E-state index contributed by atoms with van der Waals surface area (Å²) >= 11 is 1.70. The van der Waals surface area contributed by atoms with Crippen LogP contribution in [-0.4, -0.2) is 18.0 Å². The summed E-state index contributed by atoms with van der Waals surface area (Å²) in [6, 6.07) is 29.1. The highest BCUT2D eigenvalue weighted by molar-refractivity contribution is 7.97. The third kappa shape index (κ3) is 6.46. The number of nitrogens with one attached hydrogen (secondary N) is 1. The van der Waals surface area contributed by atoms with E-state index >= 15 is 0 Å². The second-order valence-corrected chi connectivity index (χ2v) is 9.59. The van der Waals surface area contributed by atoms with Gasteiger partial charge in [0.1, 0.15) is 0 Å². The Morgan fingerprint density at radius 3 is 2.47 bits per heavy atom. The van der Waals surface area contributed by atoms with Gasteiger partial charge < -0.3 is 5.73 Å². The molecule has 3 N–H and O–H groups in total. The number of nitrogens with two attached hydrogens (primary N) is 1. The van der Waals surface area contributed by atoms with E-state index in [1.807, 2.05) is 0 Å². The van der Waals surface area contributed by atoms with E-state index in [0.717, 1.165) is 39.0 Å². The minimum atomic E-state index is 0.513. The Bertz CT molecular complexity index is 942. The average molecular weight is 446 g/mol. The molecule has 1 unspecified atom stereocenters. The predicted molar refractivity (Wildman–Crippen MR) is 136 cm³/mol. The number of unbranched alkanes of at least 4 members (excludes halogenated alkanes) is 1. The number of hydrogen-bond acceptors (Lipinski definition) is 4. The minimum absolute atomic E-state index is 0.513. The second kappa shape index (κ2) is 12.2. The molecule has 0 spiro atoms. The highest BCUT2D eigenvalue weighted by Gasteiger charge is 2.25. The minimum Gasteiger partial charge on any atom is -0.330 e. The van der Waals surface area contributed by atoms with Gasteiger partial charge in [-0.15, -0.1) is 0 Å². The first-order valence-electron chi connectivity index (χ1n) is 11.9. The number of fused-ring (bicyclic) bond motifs is 1. The summed E-state index contributed by atoms with van der Waals surface area (Å²) in [4.78, 5) is 3.94. The van der Waals surface area contributed by atoms with Crippen molar-refractivity contribution in [3.05, 3.63) is 101 Å². The molecule has 3 aromatic rings. The molecule has 0 aliphatic heterocycles. The lowest BCUT2D eigenvalue weighted by molar-refractivity contribution is 0.167. The molecule has 1 atom stereocenters. The summed E-state index contributed by atoms with van der Waals surface area (Å²) < 4.78 is 3.47. The Labute approximate surface area is 197 Å². The Kier molecular flexibility index (Phi) is 8.80. The summed E-state index contributed by atoms with van der Waals surface area (Å²) in [5.41, 5.74) is 11.5. The van der Waals surface area contributed by atoms with Crippen molar-refractivity contribution in [2.45, 2.75) is 56.1 Å². The van der Waals surface area contributed by atoms with Crippen LogP contribution in [0, 0.1) is 0 Å². The van der Waals surface area contributed by atoms with E-state index in [0.29, 0.717) is 6.04 Å². The SMILES string of the molecule is NCCCCN(Cc1ccc(SNCc2ccccc2)cc1)C1CCCc2ccccc21. The van der Waals surface area contributed by atoms with E-state index in [1.54, 1.807) is 11.9 Å². The normalized spacial score (nSPS) is 15.6. The summed E-state index contributed by atoms with van der Waals surface area (Å²) in [7, 11) is 0. The van der Waals surface area contributed by atoms with Gasteiger partial charge >= 0.3 is 0 Å². The van der Waals surface area contributed by atoms with Gasteiger partial charge in [0.05, 0.1) is 0 Å². The molecule has 0 radical (unpaired) electrons. The van der Waals surface area contributed by atoms with E-state index in [9.17, 15) is 0 Å². The molecule has 3 nitrogen and oxygen atoms in total. The van der Waals surface area contributed by atoms with Gasteiger partial charge in [-0.05, 0) is 91.5 Å².